The molecule has 0 bridgehead atoms. The smallest absolute Gasteiger partial charge is 0.270 e. The van der Waals surface area contributed by atoms with Crippen molar-refractivity contribution in [2.45, 2.75) is 45.2 Å². The van der Waals surface area contributed by atoms with E-state index in [0.717, 1.165) is 30.5 Å². The van der Waals surface area contributed by atoms with Gasteiger partial charge < -0.3 is 5.32 Å². The van der Waals surface area contributed by atoms with Crippen LogP contribution in [0.4, 0.5) is 4.39 Å². The van der Waals surface area contributed by atoms with E-state index in [-0.39, 0.29) is 11.7 Å². The summed E-state index contributed by atoms with van der Waals surface area (Å²) in [5.74, 6) is -0.512. The van der Waals surface area contributed by atoms with Crippen LogP contribution in [-0.2, 0) is 6.42 Å². The lowest BCUT2D eigenvalue weighted by molar-refractivity contribution is 0.0931. The van der Waals surface area contributed by atoms with Crippen LogP contribution in [0.25, 0.3) is 0 Å². The first kappa shape index (κ1) is 18.4. The van der Waals surface area contributed by atoms with Crippen molar-refractivity contribution in [1.82, 2.24) is 15.1 Å². The van der Waals surface area contributed by atoms with Crippen LogP contribution in [-0.4, -0.2) is 15.7 Å². The predicted molar refractivity (Wildman–Crippen MR) is 107 cm³/mol. The number of hydrogen-bond acceptors (Lipinski definition) is 2. The van der Waals surface area contributed by atoms with Crippen LogP contribution in [0.15, 0.2) is 54.6 Å². The number of aromatic nitrogens is 2. The zero-order valence-electron chi connectivity index (χ0n) is 16.2. The summed E-state index contributed by atoms with van der Waals surface area (Å²) in [6.07, 6.45) is 3.04. The maximum absolute atomic E-state index is 13.9. The third-order valence-corrected chi connectivity index (χ3v) is 5.16. The molecule has 3 aromatic rings. The van der Waals surface area contributed by atoms with Crippen LogP contribution >= 0.6 is 0 Å². The molecule has 5 heteroatoms. The van der Waals surface area contributed by atoms with Gasteiger partial charge >= 0.3 is 0 Å². The van der Waals surface area contributed by atoms with Gasteiger partial charge in [0.2, 0.25) is 0 Å². The Bertz CT molecular complexity index is 989. The second-order valence-corrected chi connectivity index (χ2v) is 7.40. The number of carbonyl (C=O) groups is 1. The highest BCUT2D eigenvalue weighted by Gasteiger charge is 2.30. The van der Waals surface area contributed by atoms with Gasteiger partial charge in [0.1, 0.15) is 11.5 Å². The highest BCUT2D eigenvalue weighted by molar-refractivity contribution is 5.93. The minimum Gasteiger partial charge on any atom is -0.340 e. The number of aryl methyl sites for hydroxylation is 2. The van der Waals surface area contributed by atoms with Gasteiger partial charge in [-0.2, -0.15) is 5.10 Å². The van der Waals surface area contributed by atoms with Gasteiger partial charge in [0.15, 0.2) is 0 Å². The topological polar surface area (TPSA) is 46.9 Å². The Morgan fingerprint density at radius 2 is 1.93 bits per heavy atom. The number of benzene rings is 2. The SMILES string of the molecule is CCc1ccc(C(NC(=O)c2cc(C)nn2C2CC2)c2cccc(F)c2)cc1. The molecule has 1 saturated carbocycles. The molecule has 1 aromatic heterocycles. The fourth-order valence-electron chi connectivity index (χ4n) is 3.48. The van der Waals surface area contributed by atoms with Crippen LogP contribution in [0.3, 0.4) is 0 Å². The van der Waals surface area contributed by atoms with Crippen molar-refractivity contribution in [1.29, 1.82) is 0 Å². The number of rotatable bonds is 6. The van der Waals surface area contributed by atoms with Crippen LogP contribution in [0.2, 0.25) is 0 Å². The van der Waals surface area contributed by atoms with E-state index in [1.165, 1.54) is 17.7 Å². The molecule has 0 radical (unpaired) electrons. The first-order valence-corrected chi connectivity index (χ1v) is 9.76. The van der Waals surface area contributed by atoms with Crippen LogP contribution in [0.5, 0.6) is 0 Å². The third-order valence-electron chi connectivity index (χ3n) is 5.16. The largest absolute Gasteiger partial charge is 0.340 e. The third kappa shape index (κ3) is 3.84. The van der Waals surface area contributed by atoms with Gasteiger partial charge in [0, 0.05) is 0 Å². The molecule has 1 N–H and O–H groups in total. The monoisotopic (exact) mass is 377 g/mol. The van der Waals surface area contributed by atoms with Crippen molar-refractivity contribution in [3.8, 4) is 0 Å². The number of amides is 1. The first-order valence-electron chi connectivity index (χ1n) is 9.76. The lowest BCUT2D eigenvalue weighted by atomic mass is 9.97. The Morgan fingerprint density at radius 3 is 2.57 bits per heavy atom. The van der Waals surface area contributed by atoms with Crippen molar-refractivity contribution in [3.05, 3.63) is 88.5 Å². The van der Waals surface area contributed by atoms with E-state index < -0.39 is 6.04 Å². The lowest BCUT2D eigenvalue weighted by Gasteiger charge is -2.20. The fourth-order valence-corrected chi connectivity index (χ4v) is 3.48. The predicted octanol–water partition coefficient (Wildman–Crippen LogP) is 4.75. The zero-order valence-corrected chi connectivity index (χ0v) is 16.2. The molecule has 1 aliphatic rings. The number of nitrogens with zero attached hydrogens (tertiary/aromatic N) is 2. The second-order valence-electron chi connectivity index (χ2n) is 7.40. The van der Waals surface area contributed by atoms with E-state index in [1.54, 1.807) is 6.07 Å². The van der Waals surface area contributed by atoms with Gasteiger partial charge in [-0.05, 0) is 61.1 Å². The number of carbonyl (C=O) groups excluding carboxylic acids is 1. The summed E-state index contributed by atoms with van der Waals surface area (Å²) < 4.78 is 15.7. The summed E-state index contributed by atoms with van der Waals surface area (Å²) in [5.41, 5.74) is 4.24. The molecule has 4 nitrogen and oxygen atoms in total. The zero-order chi connectivity index (χ0) is 19.7. The normalized spacial score (nSPS) is 14.7. The van der Waals surface area contributed by atoms with Gasteiger partial charge in [-0.25, -0.2) is 4.39 Å². The summed E-state index contributed by atoms with van der Waals surface area (Å²) in [6.45, 7) is 3.99. The number of nitrogens with one attached hydrogen (secondary N) is 1. The minimum absolute atomic E-state index is 0.193. The van der Waals surface area contributed by atoms with E-state index in [1.807, 2.05) is 48.0 Å². The van der Waals surface area contributed by atoms with Crippen LogP contribution in [0.1, 0.15) is 64.7 Å². The molecule has 28 heavy (non-hydrogen) atoms. The van der Waals surface area contributed by atoms with Crippen molar-refractivity contribution in [2.24, 2.45) is 0 Å². The van der Waals surface area contributed by atoms with Crippen LogP contribution in [0, 0.1) is 12.7 Å². The summed E-state index contributed by atoms with van der Waals surface area (Å²) in [5, 5.41) is 7.58. The van der Waals surface area contributed by atoms with Crippen LogP contribution < -0.4 is 5.32 Å². The molecule has 1 heterocycles. The maximum atomic E-state index is 13.9. The Morgan fingerprint density at radius 1 is 1.18 bits per heavy atom. The van der Waals surface area contributed by atoms with Gasteiger partial charge in [0.25, 0.3) is 5.91 Å². The standard InChI is InChI=1S/C23H24FN3O/c1-3-16-7-9-17(10-8-16)22(18-5-4-6-19(24)14-18)25-23(28)21-13-15(2)26-27(21)20-11-12-20/h4-10,13-14,20,22H,3,11-12H2,1-2H3,(H,25,28). The van der Waals surface area contributed by atoms with Gasteiger partial charge in [-0.15, -0.1) is 0 Å². The summed E-state index contributed by atoms with van der Waals surface area (Å²) in [4.78, 5) is 13.1. The van der Waals surface area contributed by atoms with E-state index >= 15 is 0 Å². The molecule has 2 aromatic carbocycles. The fraction of sp³-hybridized carbons (Fsp3) is 0.304. The average Bonchev–Trinajstić information content (AvgIpc) is 3.47. The van der Waals surface area contributed by atoms with Crippen molar-refractivity contribution in [3.63, 3.8) is 0 Å². The molecule has 0 saturated heterocycles. The second kappa shape index (κ2) is 7.58. The molecule has 1 atom stereocenters. The molecule has 1 aliphatic carbocycles. The average molecular weight is 377 g/mol. The Labute approximate surface area is 164 Å². The maximum Gasteiger partial charge on any atom is 0.270 e. The lowest BCUT2D eigenvalue weighted by Crippen LogP contribution is -2.31. The van der Waals surface area contributed by atoms with Crippen molar-refractivity contribution >= 4 is 5.91 Å². The quantitative estimate of drug-likeness (QED) is 0.674. The molecule has 1 fully saturated rings. The van der Waals surface area contributed by atoms with E-state index in [2.05, 4.69) is 17.3 Å². The molecule has 1 amide bonds. The van der Waals surface area contributed by atoms with Gasteiger partial charge in [0.05, 0.1) is 17.8 Å². The summed E-state index contributed by atoms with van der Waals surface area (Å²) in [7, 11) is 0. The Kier molecular flexibility index (Phi) is 4.99. The van der Waals surface area contributed by atoms with Crippen molar-refractivity contribution in [2.75, 3.05) is 0 Å². The van der Waals surface area contributed by atoms with E-state index in [9.17, 15) is 9.18 Å². The molecule has 4 rings (SSSR count). The summed E-state index contributed by atoms with van der Waals surface area (Å²) >= 11 is 0. The Hall–Kier alpha value is -2.95. The van der Waals surface area contributed by atoms with E-state index in [4.69, 9.17) is 0 Å². The molecule has 0 spiro atoms. The van der Waals surface area contributed by atoms with Crippen molar-refractivity contribution < 1.29 is 9.18 Å². The molecule has 0 aliphatic heterocycles. The van der Waals surface area contributed by atoms with E-state index in [0.29, 0.717) is 17.3 Å². The number of halogens is 1. The summed E-state index contributed by atoms with van der Waals surface area (Å²) in [6, 6.07) is 16.2. The van der Waals surface area contributed by atoms with Gasteiger partial charge in [-0.1, -0.05) is 43.3 Å². The molecule has 144 valence electrons. The number of hydrogen-bond donors (Lipinski definition) is 1. The first-order chi connectivity index (χ1) is 13.5. The van der Waals surface area contributed by atoms with Gasteiger partial charge in [-0.3, -0.25) is 9.48 Å². The molecular formula is C23H24FN3O. The highest BCUT2D eigenvalue weighted by Crippen LogP contribution is 2.35. The minimum atomic E-state index is -0.433. The molecule has 1 unspecified atom stereocenters. The molecular weight excluding hydrogens is 353 g/mol. The highest BCUT2D eigenvalue weighted by atomic mass is 19.1. The Balaban J connectivity index is 1.68.